The quantitative estimate of drug-likeness (QED) is 0.889. The van der Waals surface area contributed by atoms with E-state index in [1.54, 1.807) is 25.1 Å². The maximum Gasteiger partial charge on any atom is 0.244 e. The lowest BCUT2D eigenvalue weighted by Crippen LogP contribution is -2.35. The minimum atomic E-state index is -0.706. The van der Waals surface area contributed by atoms with Crippen LogP contribution in [0.25, 0.3) is 0 Å². The van der Waals surface area contributed by atoms with Crippen molar-refractivity contribution in [2.45, 2.75) is 26.1 Å². The summed E-state index contributed by atoms with van der Waals surface area (Å²) in [5.41, 5.74) is 1.38. The molecule has 0 radical (unpaired) electrons. The molecule has 128 valence electrons. The zero-order valence-electron chi connectivity index (χ0n) is 13.7. The number of rotatable bonds is 4. The molecule has 1 atom stereocenters. The van der Waals surface area contributed by atoms with Crippen molar-refractivity contribution < 1.29 is 19.4 Å². The van der Waals surface area contributed by atoms with E-state index in [0.717, 1.165) is 17.1 Å². The topological polar surface area (TPSA) is 89.7 Å². The molecule has 24 heavy (non-hydrogen) atoms. The Balaban J connectivity index is 1.70. The molecule has 1 amide bonds. The number of aliphatic hydroxyl groups excluding tert-OH is 1. The fraction of sp³-hybridized carbons (Fsp3) is 0.438. The van der Waals surface area contributed by atoms with Crippen molar-refractivity contribution in [1.82, 2.24) is 19.9 Å². The van der Waals surface area contributed by atoms with Crippen LogP contribution in [0.3, 0.4) is 0 Å². The summed E-state index contributed by atoms with van der Waals surface area (Å²) in [5, 5.41) is 17.2. The van der Waals surface area contributed by atoms with Crippen molar-refractivity contribution >= 4 is 5.91 Å². The van der Waals surface area contributed by atoms with Gasteiger partial charge in [-0.25, -0.2) is 4.68 Å². The molecule has 0 saturated carbocycles. The number of hydrogen-bond acceptors (Lipinski definition) is 6. The van der Waals surface area contributed by atoms with Crippen molar-refractivity contribution in [1.29, 1.82) is 0 Å². The molecule has 1 aliphatic rings. The van der Waals surface area contributed by atoms with Crippen LogP contribution in [-0.2, 0) is 17.9 Å². The number of aliphatic hydroxyl groups is 1. The first-order chi connectivity index (χ1) is 11.6. The second-order valence-electron chi connectivity index (χ2n) is 5.65. The number of amides is 1. The SMILES string of the molecule is COc1ccc2c(c1)OCCN(C(=O)Cn1cc(C(C)O)nn1)C2. The minimum Gasteiger partial charge on any atom is -0.497 e. The third-order valence-corrected chi connectivity index (χ3v) is 3.89. The maximum absolute atomic E-state index is 12.5. The average molecular weight is 332 g/mol. The molecule has 0 bridgehead atoms. The third kappa shape index (κ3) is 3.48. The van der Waals surface area contributed by atoms with Gasteiger partial charge >= 0.3 is 0 Å². The Morgan fingerprint density at radius 2 is 2.33 bits per heavy atom. The zero-order valence-corrected chi connectivity index (χ0v) is 13.7. The molecular formula is C16H20N4O4. The zero-order chi connectivity index (χ0) is 17.1. The monoisotopic (exact) mass is 332 g/mol. The number of ether oxygens (including phenoxy) is 2. The summed E-state index contributed by atoms with van der Waals surface area (Å²) < 4.78 is 12.3. The highest BCUT2D eigenvalue weighted by Gasteiger charge is 2.21. The first-order valence-electron chi connectivity index (χ1n) is 7.72. The lowest BCUT2D eigenvalue weighted by atomic mass is 10.2. The van der Waals surface area contributed by atoms with E-state index in [2.05, 4.69) is 10.3 Å². The van der Waals surface area contributed by atoms with Crippen molar-refractivity contribution in [3.63, 3.8) is 0 Å². The summed E-state index contributed by atoms with van der Waals surface area (Å²) in [6, 6.07) is 5.58. The summed E-state index contributed by atoms with van der Waals surface area (Å²) in [6.45, 7) is 3.06. The van der Waals surface area contributed by atoms with Gasteiger partial charge in [0.05, 0.1) is 26.0 Å². The Morgan fingerprint density at radius 3 is 3.04 bits per heavy atom. The molecule has 0 aliphatic carbocycles. The van der Waals surface area contributed by atoms with Gasteiger partial charge in [0.1, 0.15) is 30.3 Å². The Morgan fingerprint density at radius 1 is 1.50 bits per heavy atom. The summed E-state index contributed by atoms with van der Waals surface area (Å²) in [7, 11) is 1.61. The Bertz CT molecular complexity index is 729. The molecule has 1 N–H and O–H groups in total. The third-order valence-electron chi connectivity index (χ3n) is 3.89. The maximum atomic E-state index is 12.5. The largest absolute Gasteiger partial charge is 0.497 e. The highest BCUT2D eigenvalue weighted by atomic mass is 16.5. The van der Waals surface area contributed by atoms with Crippen LogP contribution in [0, 0.1) is 0 Å². The van der Waals surface area contributed by atoms with Gasteiger partial charge in [-0.3, -0.25) is 4.79 Å². The van der Waals surface area contributed by atoms with Gasteiger partial charge in [-0.2, -0.15) is 0 Å². The van der Waals surface area contributed by atoms with E-state index in [-0.39, 0.29) is 12.5 Å². The Labute approximate surface area is 139 Å². The van der Waals surface area contributed by atoms with E-state index in [4.69, 9.17) is 9.47 Å². The summed E-state index contributed by atoms with van der Waals surface area (Å²) in [5.74, 6) is 1.38. The molecule has 0 spiro atoms. The van der Waals surface area contributed by atoms with Crippen LogP contribution in [-0.4, -0.2) is 51.2 Å². The number of carbonyl (C=O) groups excluding carboxylic acids is 1. The van der Waals surface area contributed by atoms with Crippen molar-refractivity contribution in [3.05, 3.63) is 35.7 Å². The van der Waals surface area contributed by atoms with Gasteiger partial charge < -0.3 is 19.5 Å². The summed E-state index contributed by atoms with van der Waals surface area (Å²) in [6.07, 6.45) is 0.873. The van der Waals surface area contributed by atoms with Crippen LogP contribution in [0.4, 0.5) is 0 Å². The molecule has 1 aromatic carbocycles. The standard InChI is InChI=1S/C16H20N4O4/c1-11(21)14-9-20(18-17-14)10-16(22)19-5-6-24-15-7-13(23-2)4-3-12(15)8-19/h3-4,7,9,11,21H,5-6,8,10H2,1-2H3. The first-order valence-corrected chi connectivity index (χ1v) is 7.72. The van der Waals surface area contributed by atoms with Crippen LogP contribution in [0.15, 0.2) is 24.4 Å². The lowest BCUT2D eigenvalue weighted by Gasteiger charge is -2.19. The number of aromatic nitrogens is 3. The molecule has 3 rings (SSSR count). The lowest BCUT2D eigenvalue weighted by molar-refractivity contribution is -0.132. The normalized spacial score (nSPS) is 15.2. The molecule has 1 aromatic heterocycles. The second-order valence-corrected chi connectivity index (χ2v) is 5.65. The van der Waals surface area contributed by atoms with Crippen molar-refractivity contribution in [3.8, 4) is 11.5 Å². The molecule has 8 nitrogen and oxygen atoms in total. The molecular weight excluding hydrogens is 312 g/mol. The van der Waals surface area contributed by atoms with Gasteiger partial charge in [0.2, 0.25) is 5.91 Å². The number of hydrogen-bond donors (Lipinski definition) is 1. The first kappa shape index (κ1) is 16.3. The van der Waals surface area contributed by atoms with Crippen molar-refractivity contribution in [2.24, 2.45) is 0 Å². The molecule has 0 saturated heterocycles. The van der Waals surface area contributed by atoms with Crippen LogP contribution in [0.5, 0.6) is 11.5 Å². The number of methoxy groups -OCH3 is 1. The van der Waals surface area contributed by atoms with Crippen LogP contribution in [0.1, 0.15) is 24.3 Å². The molecule has 0 fully saturated rings. The minimum absolute atomic E-state index is 0.0746. The molecule has 8 heteroatoms. The van der Waals surface area contributed by atoms with E-state index in [0.29, 0.717) is 25.4 Å². The van der Waals surface area contributed by atoms with Crippen LogP contribution in [0.2, 0.25) is 0 Å². The summed E-state index contributed by atoms with van der Waals surface area (Å²) in [4.78, 5) is 14.3. The van der Waals surface area contributed by atoms with Gasteiger partial charge in [-0.15, -0.1) is 5.10 Å². The molecule has 2 aromatic rings. The fourth-order valence-corrected chi connectivity index (χ4v) is 2.51. The Hall–Kier alpha value is -2.61. The van der Waals surface area contributed by atoms with E-state index >= 15 is 0 Å². The van der Waals surface area contributed by atoms with E-state index < -0.39 is 6.10 Å². The van der Waals surface area contributed by atoms with E-state index in [1.807, 2.05) is 18.2 Å². The predicted molar refractivity (Wildman–Crippen MR) is 84.6 cm³/mol. The highest BCUT2D eigenvalue weighted by Crippen LogP contribution is 2.27. The van der Waals surface area contributed by atoms with Gasteiger partial charge in [0.15, 0.2) is 0 Å². The van der Waals surface area contributed by atoms with E-state index in [1.165, 1.54) is 4.68 Å². The number of carbonyl (C=O) groups is 1. The smallest absolute Gasteiger partial charge is 0.244 e. The van der Waals surface area contributed by atoms with Gasteiger partial charge in [0, 0.05) is 18.2 Å². The van der Waals surface area contributed by atoms with Crippen molar-refractivity contribution in [2.75, 3.05) is 20.3 Å². The van der Waals surface area contributed by atoms with Gasteiger partial charge in [0.25, 0.3) is 0 Å². The number of nitrogens with zero attached hydrogens (tertiary/aromatic N) is 4. The second kappa shape index (κ2) is 6.88. The van der Waals surface area contributed by atoms with E-state index in [9.17, 15) is 9.90 Å². The predicted octanol–water partition coefficient (Wildman–Crippen LogP) is 0.761. The van der Waals surface area contributed by atoms with Crippen LogP contribution >= 0.6 is 0 Å². The average Bonchev–Trinajstić information content (AvgIpc) is 2.93. The summed E-state index contributed by atoms with van der Waals surface area (Å²) >= 11 is 0. The number of benzene rings is 1. The highest BCUT2D eigenvalue weighted by molar-refractivity contribution is 5.76. The van der Waals surface area contributed by atoms with Gasteiger partial charge in [-0.1, -0.05) is 5.21 Å². The molecule has 2 heterocycles. The molecule has 1 aliphatic heterocycles. The Kier molecular flexibility index (Phi) is 4.66. The van der Waals surface area contributed by atoms with Crippen LogP contribution < -0.4 is 9.47 Å². The number of fused-ring (bicyclic) bond motifs is 1. The molecule has 1 unspecified atom stereocenters. The van der Waals surface area contributed by atoms with Gasteiger partial charge in [-0.05, 0) is 19.1 Å². The fourth-order valence-electron chi connectivity index (χ4n) is 2.51.